The minimum absolute atomic E-state index is 0.0118. The highest BCUT2D eigenvalue weighted by Gasteiger charge is 2.41. The molecule has 3 aromatic rings. The number of thiocarbonyl (C=S) groups is 1. The second-order valence-corrected chi connectivity index (χ2v) is 9.41. The molecule has 0 aliphatic carbocycles. The van der Waals surface area contributed by atoms with Crippen molar-refractivity contribution in [1.29, 1.82) is 0 Å². The summed E-state index contributed by atoms with van der Waals surface area (Å²) in [6.45, 7) is 10.6. The van der Waals surface area contributed by atoms with Gasteiger partial charge in [-0.1, -0.05) is 24.3 Å². The Morgan fingerprint density at radius 2 is 1.75 bits per heavy atom. The van der Waals surface area contributed by atoms with E-state index in [1.54, 1.807) is 0 Å². The molecule has 1 N–H and O–H groups in total. The molecule has 168 valence electrons. The average molecular weight is 448 g/mol. The zero-order valence-electron chi connectivity index (χ0n) is 19.9. The van der Waals surface area contributed by atoms with Gasteiger partial charge >= 0.3 is 0 Å². The first-order valence-corrected chi connectivity index (χ1v) is 11.6. The predicted molar refractivity (Wildman–Crippen MR) is 135 cm³/mol. The Morgan fingerprint density at radius 3 is 2.38 bits per heavy atom. The summed E-state index contributed by atoms with van der Waals surface area (Å²) < 4.78 is 2.40. The third-order valence-corrected chi connectivity index (χ3v) is 6.79. The second kappa shape index (κ2) is 9.04. The summed E-state index contributed by atoms with van der Waals surface area (Å²) in [5.74, 6) is 0. The summed E-state index contributed by atoms with van der Waals surface area (Å²) in [5, 5.41) is 4.37. The van der Waals surface area contributed by atoms with Gasteiger partial charge in [0.25, 0.3) is 0 Å². The number of nitrogens with one attached hydrogen (secondary N) is 1. The molecule has 0 saturated carbocycles. The Bertz CT molecular complexity index is 1100. The number of aromatic nitrogens is 2. The molecule has 1 aromatic carbocycles. The fourth-order valence-corrected chi connectivity index (χ4v) is 5.21. The van der Waals surface area contributed by atoms with Crippen LogP contribution in [0.25, 0.3) is 5.69 Å². The second-order valence-electron chi connectivity index (χ2n) is 9.03. The Morgan fingerprint density at radius 1 is 1.03 bits per heavy atom. The standard InChI is InChI=1S/C26H33N5S/c1-17-10-9-11-18(2)24(17)31-19(3)16-21(20(31)4)25-23(22-12-7-8-13-27-22)28-26(32)30(25)15-14-29(5)6/h7-13,16,23,25H,14-15H2,1-6H3,(H,28,32)/t23-,25-/m1/s1. The lowest BCUT2D eigenvalue weighted by atomic mass is 9.96. The summed E-state index contributed by atoms with van der Waals surface area (Å²) >= 11 is 5.83. The maximum Gasteiger partial charge on any atom is 0.170 e. The van der Waals surface area contributed by atoms with E-state index in [1.165, 1.54) is 33.8 Å². The van der Waals surface area contributed by atoms with Crippen LogP contribution in [0, 0.1) is 27.7 Å². The average Bonchev–Trinajstić information content (AvgIpc) is 3.23. The quantitative estimate of drug-likeness (QED) is 0.557. The minimum Gasteiger partial charge on any atom is -0.352 e. The summed E-state index contributed by atoms with van der Waals surface area (Å²) in [5.41, 5.74) is 8.65. The van der Waals surface area contributed by atoms with Gasteiger partial charge in [-0.25, -0.2) is 0 Å². The first-order valence-electron chi connectivity index (χ1n) is 11.2. The van der Waals surface area contributed by atoms with Crippen LogP contribution in [0.4, 0.5) is 0 Å². The van der Waals surface area contributed by atoms with Crippen molar-refractivity contribution < 1.29 is 0 Å². The summed E-state index contributed by atoms with van der Waals surface area (Å²) in [7, 11) is 4.20. The van der Waals surface area contributed by atoms with Crippen molar-refractivity contribution in [3.05, 3.63) is 82.4 Å². The largest absolute Gasteiger partial charge is 0.352 e. The zero-order chi connectivity index (χ0) is 23.0. The van der Waals surface area contributed by atoms with E-state index in [0.717, 1.165) is 23.9 Å². The molecule has 2 aromatic heterocycles. The van der Waals surface area contributed by atoms with Crippen LogP contribution in [-0.2, 0) is 0 Å². The highest BCUT2D eigenvalue weighted by Crippen LogP contribution is 2.41. The van der Waals surface area contributed by atoms with Crippen molar-refractivity contribution in [1.82, 2.24) is 24.7 Å². The molecule has 0 spiro atoms. The number of likely N-dealkylation sites (N-methyl/N-ethyl adjacent to an activating group) is 1. The van der Waals surface area contributed by atoms with Crippen LogP contribution >= 0.6 is 12.2 Å². The van der Waals surface area contributed by atoms with E-state index in [4.69, 9.17) is 12.2 Å². The third-order valence-electron chi connectivity index (χ3n) is 6.44. The molecule has 1 aliphatic heterocycles. The van der Waals surface area contributed by atoms with E-state index in [9.17, 15) is 0 Å². The summed E-state index contributed by atoms with van der Waals surface area (Å²) in [6, 6.07) is 15.0. The molecule has 32 heavy (non-hydrogen) atoms. The van der Waals surface area contributed by atoms with Crippen molar-refractivity contribution in [2.45, 2.75) is 39.8 Å². The Kier molecular flexibility index (Phi) is 6.35. The molecule has 2 atom stereocenters. The normalized spacial score (nSPS) is 18.5. The van der Waals surface area contributed by atoms with E-state index in [2.05, 4.69) is 96.8 Å². The monoisotopic (exact) mass is 447 g/mol. The van der Waals surface area contributed by atoms with Gasteiger partial charge in [-0.15, -0.1) is 0 Å². The lowest BCUT2D eigenvalue weighted by Crippen LogP contribution is -2.35. The van der Waals surface area contributed by atoms with E-state index in [-0.39, 0.29) is 12.1 Å². The van der Waals surface area contributed by atoms with Gasteiger partial charge in [-0.2, -0.15) is 0 Å². The van der Waals surface area contributed by atoms with E-state index in [1.807, 2.05) is 18.3 Å². The number of benzene rings is 1. The van der Waals surface area contributed by atoms with Crippen LogP contribution in [0.2, 0.25) is 0 Å². The number of nitrogens with zero attached hydrogens (tertiary/aromatic N) is 4. The Hall–Kier alpha value is -2.70. The molecular weight excluding hydrogens is 414 g/mol. The van der Waals surface area contributed by atoms with E-state index in [0.29, 0.717) is 0 Å². The van der Waals surface area contributed by atoms with Gasteiger partial charge in [0.05, 0.1) is 23.5 Å². The lowest BCUT2D eigenvalue weighted by Gasteiger charge is -2.29. The van der Waals surface area contributed by atoms with Crippen LogP contribution in [0.5, 0.6) is 0 Å². The highest BCUT2D eigenvalue weighted by molar-refractivity contribution is 7.80. The minimum atomic E-state index is 0.0118. The molecule has 0 amide bonds. The van der Waals surface area contributed by atoms with Crippen molar-refractivity contribution in [3.8, 4) is 5.69 Å². The molecule has 0 bridgehead atoms. The number of hydrogen-bond donors (Lipinski definition) is 1. The van der Waals surface area contributed by atoms with Crippen molar-refractivity contribution in [2.24, 2.45) is 0 Å². The molecule has 0 unspecified atom stereocenters. The van der Waals surface area contributed by atoms with Crippen LogP contribution < -0.4 is 5.32 Å². The number of aryl methyl sites for hydroxylation is 3. The van der Waals surface area contributed by atoms with Gasteiger partial charge in [-0.05, 0) is 88.9 Å². The molecular formula is C26H33N5S. The van der Waals surface area contributed by atoms with Crippen molar-refractivity contribution >= 4 is 17.3 Å². The Labute approximate surface area is 197 Å². The maximum absolute atomic E-state index is 5.83. The van der Waals surface area contributed by atoms with Gasteiger partial charge in [0.1, 0.15) is 0 Å². The first-order chi connectivity index (χ1) is 15.3. The van der Waals surface area contributed by atoms with Crippen LogP contribution in [0.15, 0.2) is 48.7 Å². The van der Waals surface area contributed by atoms with Crippen LogP contribution in [0.1, 0.15) is 45.9 Å². The molecule has 1 saturated heterocycles. The van der Waals surface area contributed by atoms with E-state index >= 15 is 0 Å². The molecule has 6 heteroatoms. The molecule has 3 heterocycles. The topological polar surface area (TPSA) is 36.3 Å². The number of pyridine rings is 1. The highest BCUT2D eigenvalue weighted by atomic mass is 32.1. The maximum atomic E-state index is 5.83. The van der Waals surface area contributed by atoms with Gasteiger partial charge in [0, 0.05) is 30.7 Å². The molecule has 5 nitrogen and oxygen atoms in total. The van der Waals surface area contributed by atoms with Crippen molar-refractivity contribution in [3.63, 3.8) is 0 Å². The number of para-hydroxylation sites is 1. The van der Waals surface area contributed by atoms with Crippen LogP contribution in [-0.4, -0.2) is 51.6 Å². The summed E-state index contributed by atoms with van der Waals surface area (Å²) in [6.07, 6.45) is 1.86. The molecule has 1 fully saturated rings. The fraction of sp³-hybridized carbons (Fsp3) is 0.385. The first kappa shape index (κ1) is 22.5. The summed E-state index contributed by atoms with van der Waals surface area (Å²) in [4.78, 5) is 9.22. The molecule has 4 rings (SSSR count). The number of rotatable bonds is 6. The zero-order valence-corrected chi connectivity index (χ0v) is 20.7. The Balaban J connectivity index is 1.85. The predicted octanol–water partition coefficient (Wildman–Crippen LogP) is 4.64. The van der Waals surface area contributed by atoms with Crippen molar-refractivity contribution in [2.75, 3.05) is 27.2 Å². The van der Waals surface area contributed by atoms with Crippen LogP contribution in [0.3, 0.4) is 0 Å². The van der Waals surface area contributed by atoms with Gasteiger partial charge in [0.15, 0.2) is 5.11 Å². The third kappa shape index (κ3) is 4.05. The number of hydrogen-bond acceptors (Lipinski definition) is 3. The van der Waals surface area contributed by atoms with Gasteiger partial charge in [-0.3, -0.25) is 4.98 Å². The lowest BCUT2D eigenvalue weighted by molar-refractivity contribution is 0.277. The van der Waals surface area contributed by atoms with Gasteiger partial charge in [0.2, 0.25) is 0 Å². The SMILES string of the molecule is Cc1cccc(C)c1-n1c(C)cc([C@@H]2[C@@H](c3ccccn3)NC(=S)N2CCN(C)C)c1C. The van der Waals surface area contributed by atoms with E-state index < -0.39 is 0 Å². The molecule has 1 aliphatic rings. The molecule has 0 radical (unpaired) electrons. The smallest absolute Gasteiger partial charge is 0.170 e. The fourth-order valence-electron chi connectivity index (χ4n) is 4.88. The van der Waals surface area contributed by atoms with Gasteiger partial charge < -0.3 is 19.7 Å².